The lowest BCUT2D eigenvalue weighted by Gasteiger charge is -2.29. The lowest BCUT2D eigenvalue weighted by Crippen LogP contribution is -2.37. The molecular weight excluding hydrogens is 282 g/mol. The number of benzene rings is 1. The average Bonchev–Trinajstić information content (AvgIpc) is 2.52. The van der Waals surface area contributed by atoms with Crippen molar-refractivity contribution in [1.29, 1.82) is 0 Å². The Kier molecular flexibility index (Phi) is 5.81. The SMILES string of the molecule is O=C(O)c1ccc(CCCCC2CCN(C(=O)O)CC2)cc1. The van der Waals surface area contributed by atoms with Gasteiger partial charge in [0.15, 0.2) is 0 Å². The molecule has 0 atom stereocenters. The summed E-state index contributed by atoms with van der Waals surface area (Å²) in [6.45, 7) is 1.33. The summed E-state index contributed by atoms with van der Waals surface area (Å²) in [5.74, 6) is -0.246. The smallest absolute Gasteiger partial charge is 0.407 e. The largest absolute Gasteiger partial charge is 0.478 e. The number of carboxylic acid groups (broad SMARTS) is 2. The van der Waals surface area contributed by atoms with Crippen molar-refractivity contribution in [1.82, 2.24) is 4.90 Å². The fraction of sp³-hybridized carbons (Fsp3) is 0.529. The minimum Gasteiger partial charge on any atom is -0.478 e. The molecule has 0 radical (unpaired) electrons. The van der Waals surface area contributed by atoms with E-state index in [4.69, 9.17) is 10.2 Å². The minimum absolute atomic E-state index is 0.328. The molecule has 5 heteroatoms. The number of rotatable bonds is 6. The first-order chi connectivity index (χ1) is 10.6. The molecule has 1 amide bonds. The summed E-state index contributed by atoms with van der Waals surface area (Å²) in [5.41, 5.74) is 1.50. The predicted molar refractivity (Wildman–Crippen MR) is 83.3 cm³/mol. The van der Waals surface area contributed by atoms with Crippen LogP contribution in [-0.4, -0.2) is 40.3 Å². The third kappa shape index (κ3) is 4.76. The number of aromatic carboxylic acids is 1. The van der Waals surface area contributed by atoms with Crippen LogP contribution in [0.4, 0.5) is 4.79 Å². The first kappa shape index (κ1) is 16.3. The standard InChI is InChI=1S/C17H23NO4/c19-16(20)15-7-5-13(6-8-15)3-1-2-4-14-9-11-18(12-10-14)17(21)22/h5-8,14H,1-4,9-12H2,(H,19,20)(H,21,22). The van der Waals surface area contributed by atoms with Gasteiger partial charge in [-0.2, -0.15) is 0 Å². The molecule has 120 valence electrons. The van der Waals surface area contributed by atoms with Crippen LogP contribution in [0.25, 0.3) is 0 Å². The fourth-order valence-corrected chi connectivity index (χ4v) is 2.99. The third-order valence-electron chi connectivity index (χ3n) is 4.41. The van der Waals surface area contributed by atoms with Crippen LogP contribution in [0.3, 0.4) is 0 Å². The van der Waals surface area contributed by atoms with Crippen LogP contribution in [-0.2, 0) is 6.42 Å². The maximum atomic E-state index is 10.8. The number of likely N-dealkylation sites (tertiary alicyclic amines) is 1. The quantitative estimate of drug-likeness (QED) is 0.789. The van der Waals surface area contributed by atoms with Gasteiger partial charge in [-0.25, -0.2) is 9.59 Å². The van der Waals surface area contributed by atoms with Gasteiger partial charge in [0.2, 0.25) is 0 Å². The van der Waals surface area contributed by atoms with E-state index >= 15 is 0 Å². The first-order valence-corrected chi connectivity index (χ1v) is 7.86. The lowest BCUT2D eigenvalue weighted by atomic mass is 9.91. The van der Waals surface area contributed by atoms with E-state index in [1.807, 2.05) is 12.1 Å². The van der Waals surface area contributed by atoms with Crippen LogP contribution in [0.5, 0.6) is 0 Å². The van der Waals surface area contributed by atoms with Crippen molar-refractivity contribution in [3.8, 4) is 0 Å². The molecule has 1 aliphatic heterocycles. The summed E-state index contributed by atoms with van der Waals surface area (Å²) >= 11 is 0. The van der Waals surface area contributed by atoms with E-state index in [1.54, 1.807) is 12.1 Å². The van der Waals surface area contributed by atoms with Crippen LogP contribution >= 0.6 is 0 Å². The van der Waals surface area contributed by atoms with Crippen molar-refractivity contribution in [2.75, 3.05) is 13.1 Å². The third-order valence-corrected chi connectivity index (χ3v) is 4.41. The second-order valence-electron chi connectivity index (χ2n) is 5.96. The molecule has 1 heterocycles. The zero-order valence-corrected chi connectivity index (χ0v) is 12.7. The van der Waals surface area contributed by atoms with Gasteiger partial charge in [0, 0.05) is 13.1 Å². The van der Waals surface area contributed by atoms with Crippen molar-refractivity contribution in [3.05, 3.63) is 35.4 Å². The molecule has 2 rings (SSSR count). The van der Waals surface area contributed by atoms with Gasteiger partial charge in [0.1, 0.15) is 0 Å². The van der Waals surface area contributed by atoms with Gasteiger partial charge in [-0.3, -0.25) is 0 Å². The molecule has 0 unspecified atom stereocenters. The second kappa shape index (κ2) is 7.82. The summed E-state index contributed by atoms with van der Waals surface area (Å²) in [5, 5.41) is 17.8. The van der Waals surface area contributed by atoms with Gasteiger partial charge < -0.3 is 15.1 Å². The highest BCUT2D eigenvalue weighted by Gasteiger charge is 2.21. The highest BCUT2D eigenvalue weighted by Crippen LogP contribution is 2.23. The Balaban J connectivity index is 1.63. The molecule has 1 aromatic rings. The average molecular weight is 305 g/mol. The van der Waals surface area contributed by atoms with Crippen molar-refractivity contribution in [2.24, 2.45) is 5.92 Å². The Labute approximate surface area is 130 Å². The summed E-state index contributed by atoms with van der Waals surface area (Å²) in [7, 11) is 0. The van der Waals surface area contributed by atoms with Crippen molar-refractivity contribution in [2.45, 2.75) is 38.5 Å². The number of amides is 1. The van der Waals surface area contributed by atoms with Gasteiger partial charge in [-0.05, 0) is 49.3 Å². The Morgan fingerprint density at radius 2 is 1.68 bits per heavy atom. The molecule has 0 aromatic heterocycles. The highest BCUT2D eigenvalue weighted by molar-refractivity contribution is 5.87. The Morgan fingerprint density at radius 3 is 2.23 bits per heavy atom. The Hall–Kier alpha value is -2.04. The number of hydrogen-bond donors (Lipinski definition) is 2. The van der Waals surface area contributed by atoms with E-state index in [2.05, 4.69) is 0 Å². The number of nitrogens with zero attached hydrogens (tertiary/aromatic N) is 1. The van der Waals surface area contributed by atoms with Crippen LogP contribution in [0.2, 0.25) is 0 Å². The van der Waals surface area contributed by atoms with Gasteiger partial charge in [-0.1, -0.05) is 25.0 Å². The summed E-state index contributed by atoms with van der Waals surface area (Å²) in [6.07, 6.45) is 5.49. The van der Waals surface area contributed by atoms with Gasteiger partial charge >= 0.3 is 12.1 Å². The van der Waals surface area contributed by atoms with Gasteiger partial charge in [0.05, 0.1) is 5.56 Å². The topological polar surface area (TPSA) is 77.8 Å². The van der Waals surface area contributed by atoms with Crippen molar-refractivity contribution in [3.63, 3.8) is 0 Å². The van der Waals surface area contributed by atoms with E-state index in [-0.39, 0.29) is 0 Å². The zero-order valence-electron chi connectivity index (χ0n) is 12.7. The molecule has 22 heavy (non-hydrogen) atoms. The molecular formula is C17H23NO4. The molecule has 1 aromatic carbocycles. The number of unbranched alkanes of at least 4 members (excludes halogenated alkanes) is 1. The number of piperidine rings is 1. The van der Waals surface area contributed by atoms with Crippen LogP contribution in [0, 0.1) is 5.92 Å². The van der Waals surface area contributed by atoms with Gasteiger partial charge in [-0.15, -0.1) is 0 Å². The normalized spacial score (nSPS) is 15.7. The summed E-state index contributed by atoms with van der Waals surface area (Å²) in [4.78, 5) is 23.1. The number of carbonyl (C=O) groups is 2. The molecule has 5 nitrogen and oxygen atoms in total. The molecule has 1 saturated heterocycles. The Bertz CT molecular complexity index is 504. The second-order valence-corrected chi connectivity index (χ2v) is 5.96. The molecule has 0 spiro atoms. The Morgan fingerprint density at radius 1 is 1.05 bits per heavy atom. The van der Waals surface area contributed by atoms with E-state index in [0.717, 1.165) is 38.5 Å². The first-order valence-electron chi connectivity index (χ1n) is 7.86. The summed E-state index contributed by atoms with van der Waals surface area (Å²) in [6, 6.07) is 7.07. The van der Waals surface area contributed by atoms with E-state index < -0.39 is 12.1 Å². The van der Waals surface area contributed by atoms with E-state index in [9.17, 15) is 9.59 Å². The summed E-state index contributed by atoms with van der Waals surface area (Å²) < 4.78 is 0. The number of hydrogen-bond acceptors (Lipinski definition) is 2. The van der Waals surface area contributed by atoms with Gasteiger partial charge in [0.25, 0.3) is 0 Å². The molecule has 2 N–H and O–H groups in total. The molecule has 0 saturated carbocycles. The molecule has 1 aliphatic rings. The molecule has 1 fully saturated rings. The zero-order chi connectivity index (χ0) is 15.9. The highest BCUT2D eigenvalue weighted by atomic mass is 16.4. The van der Waals surface area contributed by atoms with E-state index in [1.165, 1.54) is 10.5 Å². The maximum absolute atomic E-state index is 10.8. The van der Waals surface area contributed by atoms with Crippen LogP contribution in [0.1, 0.15) is 48.0 Å². The minimum atomic E-state index is -0.890. The van der Waals surface area contributed by atoms with Crippen LogP contribution < -0.4 is 0 Å². The van der Waals surface area contributed by atoms with Crippen molar-refractivity contribution < 1.29 is 19.8 Å². The number of carboxylic acids is 1. The molecule has 0 bridgehead atoms. The maximum Gasteiger partial charge on any atom is 0.407 e. The van der Waals surface area contributed by atoms with Crippen LogP contribution in [0.15, 0.2) is 24.3 Å². The van der Waals surface area contributed by atoms with E-state index in [0.29, 0.717) is 24.6 Å². The van der Waals surface area contributed by atoms with Crippen molar-refractivity contribution >= 4 is 12.1 Å². The monoisotopic (exact) mass is 305 g/mol. The lowest BCUT2D eigenvalue weighted by molar-refractivity contribution is 0.0696. The fourth-order valence-electron chi connectivity index (χ4n) is 2.99. The number of aryl methyl sites for hydroxylation is 1. The molecule has 0 aliphatic carbocycles. The predicted octanol–water partition coefficient (Wildman–Crippen LogP) is 3.49.